The monoisotopic (exact) mass is 557 g/mol. The number of carbonyl (C=O) groups is 2. The molecular formula is C20H17Br2NO4S2. The lowest BCUT2D eigenvalue weighted by Crippen LogP contribution is -2.13. The Balaban J connectivity index is 2.01. The van der Waals surface area contributed by atoms with Crippen molar-refractivity contribution in [3.63, 3.8) is 0 Å². The minimum absolute atomic E-state index is 0.286. The molecule has 29 heavy (non-hydrogen) atoms. The van der Waals surface area contributed by atoms with Crippen LogP contribution in [0.1, 0.15) is 31.8 Å². The first kappa shape index (κ1) is 22.0. The number of aryl methyl sites for hydroxylation is 1. The van der Waals surface area contributed by atoms with Crippen molar-refractivity contribution in [1.29, 1.82) is 0 Å². The maximum atomic E-state index is 12.7. The minimum Gasteiger partial charge on any atom is -0.494 e. The number of esters is 1. The molecule has 0 saturated carbocycles. The van der Waals surface area contributed by atoms with Crippen molar-refractivity contribution in [1.82, 2.24) is 0 Å². The number of nitrogens with one attached hydrogen (secondary N) is 1. The zero-order valence-corrected chi connectivity index (χ0v) is 20.6. The van der Waals surface area contributed by atoms with Gasteiger partial charge in [-0.15, -0.1) is 22.7 Å². The Hall–Kier alpha value is -1.68. The smallest absolute Gasteiger partial charge is 0.341 e. The Morgan fingerprint density at radius 1 is 1.14 bits per heavy atom. The van der Waals surface area contributed by atoms with Crippen LogP contribution in [0.15, 0.2) is 38.6 Å². The average Bonchev–Trinajstić information content (AvgIpc) is 3.21. The van der Waals surface area contributed by atoms with E-state index in [0.29, 0.717) is 22.0 Å². The fourth-order valence-electron chi connectivity index (χ4n) is 2.78. The van der Waals surface area contributed by atoms with Gasteiger partial charge in [-0.05, 0) is 69.5 Å². The molecule has 1 N–H and O–H groups in total. The number of amides is 1. The number of rotatable bonds is 6. The summed E-state index contributed by atoms with van der Waals surface area (Å²) in [6.45, 7) is 4.41. The highest BCUT2D eigenvalue weighted by Crippen LogP contribution is 2.41. The first-order valence-corrected chi connectivity index (χ1v) is 11.8. The number of halogens is 2. The van der Waals surface area contributed by atoms with Crippen LogP contribution in [-0.4, -0.2) is 25.6 Å². The van der Waals surface area contributed by atoms with E-state index in [2.05, 4.69) is 37.2 Å². The van der Waals surface area contributed by atoms with Crippen molar-refractivity contribution in [3.05, 3.63) is 53.9 Å². The summed E-state index contributed by atoms with van der Waals surface area (Å²) in [6.07, 6.45) is 0. The summed E-state index contributed by atoms with van der Waals surface area (Å²) in [5, 5.41) is 3.33. The molecule has 1 amide bonds. The lowest BCUT2D eigenvalue weighted by Gasteiger charge is -2.09. The topological polar surface area (TPSA) is 64.6 Å². The van der Waals surface area contributed by atoms with Crippen molar-refractivity contribution in [2.45, 2.75) is 13.8 Å². The fraction of sp³-hybridized carbons (Fsp3) is 0.200. The summed E-state index contributed by atoms with van der Waals surface area (Å²) in [5.41, 5.74) is 1.95. The molecule has 2 aromatic heterocycles. The third-order valence-corrected chi connectivity index (χ3v) is 8.30. The molecule has 0 atom stereocenters. The number of anilines is 1. The number of thiophene rings is 2. The molecule has 0 spiro atoms. The molecule has 0 fully saturated rings. The Bertz CT molecular complexity index is 1040. The van der Waals surface area contributed by atoms with Gasteiger partial charge in [0.25, 0.3) is 5.91 Å². The Morgan fingerprint density at radius 3 is 2.38 bits per heavy atom. The molecule has 0 aliphatic heterocycles. The predicted molar refractivity (Wildman–Crippen MR) is 125 cm³/mol. The second kappa shape index (κ2) is 9.42. The molecule has 3 rings (SSSR count). The molecular weight excluding hydrogens is 542 g/mol. The lowest BCUT2D eigenvalue weighted by molar-refractivity contribution is 0.0603. The average molecular weight is 559 g/mol. The number of carbonyl (C=O) groups excluding carboxylic acids is 2. The Morgan fingerprint density at radius 2 is 1.83 bits per heavy atom. The van der Waals surface area contributed by atoms with Crippen LogP contribution in [0.5, 0.6) is 5.75 Å². The molecule has 9 heteroatoms. The number of methoxy groups -OCH3 is 1. The van der Waals surface area contributed by atoms with E-state index in [1.54, 1.807) is 6.07 Å². The molecule has 0 saturated heterocycles. The quantitative estimate of drug-likeness (QED) is 0.340. The summed E-state index contributed by atoms with van der Waals surface area (Å²) >= 11 is 9.43. The van der Waals surface area contributed by atoms with Gasteiger partial charge in [-0.3, -0.25) is 4.79 Å². The molecule has 152 valence electrons. The second-order valence-corrected chi connectivity index (χ2v) is 10.3. The second-order valence-electron chi connectivity index (χ2n) is 5.87. The van der Waals surface area contributed by atoms with E-state index >= 15 is 0 Å². The molecule has 2 heterocycles. The normalized spacial score (nSPS) is 10.7. The highest BCUT2D eigenvalue weighted by Gasteiger charge is 2.26. The van der Waals surface area contributed by atoms with Crippen molar-refractivity contribution in [2.75, 3.05) is 19.0 Å². The van der Waals surface area contributed by atoms with Crippen LogP contribution < -0.4 is 10.1 Å². The van der Waals surface area contributed by atoms with Crippen LogP contribution in [0.25, 0.3) is 11.1 Å². The van der Waals surface area contributed by atoms with E-state index in [-0.39, 0.29) is 5.91 Å². The van der Waals surface area contributed by atoms with Gasteiger partial charge in [0.1, 0.15) is 16.3 Å². The molecule has 3 aromatic rings. The van der Waals surface area contributed by atoms with E-state index in [1.165, 1.54) is 29.8 Å². The van der Waals surface area contributed by atoms with Crippen molar-refractivity contribution >= 4 is 71.4 Å². The maximum absolute atomic E-state index is 12.7. The van der Waals surface area contributed by atoms with Crippen LogP contribution in [0, 0.1) is 6.92 Å². The SMILES string of the molecule is CCOc1ccc(-c2c(C)sc(NC(=O)c3cc(Br)c(Br)s3)c2C(=O)OC)cc1. The van der Waals surface area contributed by atoms with Gasteiger partial charge in [0.05, 0.1) is 22.4 Å². The van der Waals surface area contributed by atoms with Crippen LogP contribution in [-0.2, 0) is 4.74 Å². The summed E-state index contributed by atoms with van der Waals surface area (Å²) in [6, 6.07) is 9.23. The molecule has 1 aromatic carbocycles. The van der Waals surface area contributed by atoms with Gasteiger partial charge in [-0.2, -0.15) is 0 Å². The van der Waals surface area contributed by atoms with Crippen LogP contribution >= 0.6 is 54.5 Å². The van der Waals surface area contributed by atoms with Gasteiger partial charge in [0, 0.05) is 14.9 Å². The lowest BCUT2D eigenvalue weighted by atomic mass is 10.0. The van der Waals surface area contributed by atoms with E-state index < -0.39 is 5.97 Å². The summed E-state index contributed by atoms with van der Waals surface area (Å²) < 4.78 is 12.1. The highest BCUT2D eigenvalue weighted by atomic mass is 79.9. The summed E-state index contributed by atoms with van der Waals surface area (Å²) in [5.74, 6) is -0.0285. The zero-order chi connectivity index (χ0) is 21.1. The molecule has 0 aliphatic carbocycles. The standard InChI is InChI=1S/C20H17Br2NO4S2/c1-4-27-12-7-5-11(6-8-12)15-10(2)28-19(16(15)20(25)26-3)23-18(24)14-9-13(21)17(22)29-14/h5-9H,4H2,1-3H3,(H,23,24). The van der Waals surface area contributed by atoms with Gasteiger partial charge in [-0.1, -0.05) is 12.1 Å². The maximum Gasteiger partial charge on any atom is 0.341 e. The third-order valence-electron chi connectivity index (χ3n) is 4.02. The van der Waals surface area contributed by atoms with Crippen LogP contribution in [0.4, 0.5) is 5.00 Å². The number of hydrogen-bond acceptors (Lipinski definition) is 6. The molecule has 5 nitrogen and oxygen atoms in total. The van der Waals surface area contributed by atoms with Gasteiger partial charge >= 0.3 is 5.97 Å². The zero-order valence-electron chi connectivity index (χ0n) is 15.8. The first-order chi connectivity index (χ1) is 13.8. The van der Waals surface area contributed by atoms with E-state index in [1.807, 2.05) is 38.1 Å². The van der Waals surface area contributed by atoms with Gasteiger partial charge in [0.2, 0.25) is 0 Å². The number of ether oxygens (including phenoxy) is 2. The van der Waals surface area contributed by atoms with Gasteiger partial charge in [0.15, 0.2) is 0 Å². The minimum atomic E-state index is -0.498. The Kier molecular flexibility index (Phi) is 7.15. The van der Waals surface area contributed by atoms with E-state index in [0.717, 1.165) is 30.0 Å². The largest absolute Gasteiger partial charge is 0.494 e. The van der Waals surface area contributed by atoms with Crippen LogP contribution in [0.2, 0.25) is 0 Å². The molecule has 0 bridgehead atoms. The molecule has 0 aliphatic rings. The van der Waals surface area contributed by atoms with Crippen molar-refractivity contribution < 1.29 is 19.1 Å². The van der Waals surface area contributed by atoms with Crippen molar-refractivity contribution in [3.8, 4) is 16.9 Å². The highest BCUT2D eigenvalue weighted by molar-refractivity contribution is 9.13. The van der Waals surface area contributed by atoms with Gasteiger partial charge in [-0.25, -0.2) is 4.79 Å². The van der Waals surface area contributed by atoms with Gasteiger partial charge < -0.3 is 14.8 Å². The fourth-order valence-corrected chi connectivity index (χ4v) is 5.78. The van der Waals surface area contributed by atoms with E-state index in [9.17, 15) is 9.59 Å². The number of benzene rings is 1. The predicted octanol–water partition coefficient (Wildman–Crippen LogP) is 6.75. The summed E-state index contributed by atoms with van der Waals surface area (Å²) in [4.78, 5) is 26.7. The van der Waals surface area contributed by atoms with E-state index in [4.69, 9.17) is 9.47 Å². The third kappa shape index (κ3) is 4.74. The van der Waals surface area contributed by atoms with Crippen molar-refractivity contribution in [2.24, 2.45) is 0 Å². The molecule has 0 radical (unpaired) electrons. The van der Waals surface area contributed by atoms with Crippen LogP contribution in [0.3, 0.4) is 0 Å². The first-order valence-electron chi connectivity index (χ1n) is 8.56. The number of hydrogen-bond donors (Lipinski definition) is 1. The summed E-state index contributed by atoms with van der Waals surface area (Å²) in [7, 11) is 1.33. The Labute approximate surface area is 193 Å². The molecule has 0 unspecified atom stereocenters.